The first-order valence-corrected chi connectivity index (χ1v) is 8.65. The summed E-state index contributed by atoms with van der Waals surface area (Å²) in [4.78, 5) is 26.6. The second kappa shape index (κ2) is 7.51. The molecule has 1 atom stereocenters. The zero-order chi connectivity index (χ0) is 17.8. The summed E-state index contributed by atoms with van der Waals surface area (Å²) >= 11 is 0. The highest BCUT2D eigenvalue weighted by Gasteiger charge is 2.27. The molecule has 2 aromatic rings. The standard InChI is InChI=1S/C21H23NO3/c1-22(2)20(23)19(16-9-4-3-5-10-16)25-21(24)18-13-12-15-8-6-7-11-17(15)14-18/h3-5,9-10,12-14,19H,6-8,11H2,1-2H3/t19-/m1/s1. The van der Waals surface area contributed by atoms with Gasteiger partial charge in [-0.1, -0.05) is 36.4 Å². The summed E-state index contributed by atoms with van der Waals surface area (Å²) in [5.74, 6) is -0.713. The largest absolute Gasteiger partial charge is 0.444 e. The number of hydrogen-bond donors (Lipinski definition) is 0. The highest BCUT2D eigenvalue weighted by molar-refractivity contribution is 5.93. The van der Waals surface area contributed by atoms with E-state index in [1.165, 1.54) is 22.4 Å². The van der Waals surface area contributed by atoms with Gasteiger partial charge < -0.3 is 9.64 Å². The first-order chi connectivity index (χ1) is 12.1. The zero-order valence-electron chi connectivity index (χ0n) is 14.7. The second-order valence-electron chi connectivity index (χ2n) is 6.62. The summed E-state index contributed by atoms with van der Waals surface area (Å²) in [6.07, 6.45) is 3.48. The molecule has 0 bridgehead atoms. The van der Waals surface area contributed by atoms with E-state index in [0.29, 0.717) is 11.1 Å². The number of nitrogens with zero attached hydrogens (tertiary/aromatic N) is 1. The minimum Gasteiger partial charge on any atom is -0.444 e. The molecule has 4 nitrogen and oxygen atoms in total. The molecule has 0 spiro atoms. The van der Waals surface area contributed by atoms with Crippen LogP contribution in [0.2, 0.25) is 0 Å². The second-order valence-corrected chi connectivity index (χ2v) is 6.62. The van der Waals surface area contributed by atoms with Crippen molar-refractivity contribution in [3.8, 4) is 0 Å². The number of likely N-dealkylation sites (N-methyl/N-ethyl adjacent to an activating group) is 1. The summed E-state index contributed by atoms with van der Waals surface area (Å²) in [5, 5.41) is 0. The van der Waals surface area contributed by atoms with Crippen LogP contribution in [-0.4, -0.2) is 30.9 Å². The van der Waals surface area contributed by atoms with Crippen molar-refractivity contribution >= 4 is 11.9 Å². The van der Waals surface area contributed by atoms with Crippen molar-refractivity contribution in [3.05, 3.63) is 70.8 Å². The van der Waals surface area contributed by atoms with Gasteiger partial charge in [-0.25, -0.2) is 4.79 Å². The number of esters is 1. The average molecular weight is 337 g/mol. The van der Waals surface area contributed by atoms with E-state index in [-0.39, 0.29) is 5.91 Å². The molecule has 130 valence electrons. The first-order valence-electron chi connectivity index (χ1n) is 8.65. The molecule has 3 rings (SSSR count). The lowest BCUT2D eigenvalue weighted by molar-refractivity contribution is -0.138. The molecule has 0 unspecified atom stereocenters. The van der Waals surface area contributed by atoms with Gasteiger partial charge in [-0.15, -0.1) is 0 Å². The van der Waals surface area contributed by atoms with Gasteiger partial charge in [0.05, 0.1) is 5.56 Å². The summed E-state index contributed by atoms with van der Waals surface area (Å²) in [5.41, 5.74) is 3.71. The fourth-order valence-corrected chi connectivity index (χ4v) is 3.16. The molecule has 0 aromatic heterocycles. The molecular formula is C21H23NO3. The summed E-state index contributed by atoms with van der Waals surface area (Å²) in [6, 6.07) is 14.9. The van der Waals surface area contributed by atoms with Gasteiger partial charge in [-0.3, -0.25) is 4.79 Å². The molecule has 0 N–H and O–H groups in total. The monoisotopic (exact) mass is 337 g/mol. The van der Waals surface area contributed by atoms with Gasteiger partial charge in [0.25, 0.3) is 5.91 Å². The Morgan fingerprint density at radius 2 is 1.64 bits per heavy atom. The van der Waals surface area contributed by atoms with Crippen LogP contribution in [0.25, 0.3) is 0 Å². The highest BCUT2D eigenvalue weighted by atomic mass is 16.5. The number of benzene rings is 2. The molecule has 0 aliphatic heterocycles. The summed E-state index contributed by atoms with van der Waals surface area (Å²) < 4.78 is 5.61. The predicted octanol–water partition coefficient (Wildman–Crippen LogP) is 3.55. The maximum Gasteiger partial charge on any atom is 0.339 e. The van der Waals surface area contributed by atoms with Crippen LogP contribution < -0.4 is 0 Å². The molecule has 1 aliphatic carbocycles. The van der Waals surface area contributed by atoms with Crippen LogP contribution >= 0.6 is 0 Å². The minimum absolute atomic E-state index is 0.252. The van der Waals surface area contributed by atoms with Crippen LogP contribution in [0.5, 0.6) is 0 Å². The third-order valence-corrected chi connectivity index (χ3v) is 4.58. The number of hydrogen-bond acceptors (Lipinski definition) is 3. The third-order valence-electron chi connectivity index (χ3n) is 4.58. The molecule has 25 heavy (non-hydrogen) atoms. The molecule has 0 fully saturated rings. The van der Waals surface area contributed by atoms with E-state index >= 15 is 0 Å². The molecule has 0 saturated heterocycles. The molecular weight excluding hydrogens is 314 g/mol. The van der Waals surface area contributed by atoms with E-state index < -0.39 is 12.1 Å². The van der Waals surface area contributed by atoms with Crippen molar-refractivity contribution in [2.75, 3.05) is 14.1 Å². The lowest BCUT2D eigenvalue weighted by Gasteiger charge is -2.22. The highest BCUT2D eigenvalue weighted by Crippen LogP contribution is 2.25. The van der Waals surface area contributed by atoms with Gasteiger partial charge in [0.1, 0.15) is 0 Å². The molecule has 4 heteroatoms. The van der Waals surface area contributed by atoms with Crippen LogP contribution in [0.1, 0.15) is 46.0 Å². The number of fused-ring (bicyclic) bond motifs is 1. The number of carbonyl (C=O) groups excluding carboxylic acids is 2. The normalized spacial score (nSPS) is 14.3. The number of amides is 1. The van der Waals surface area contributed by atoms with Crippen molar-refractivity contribution in [1.29, 1.82) is 0 Å². The molecule has 1 amide bonds. The van der Waals surface area contributed by atoms with Gasteiger partial charge >= 0.3 is 5.97 Å². The number of rotatable bonds is 4. The van der Waals surface area contributed by atoms with Crippen molar-refractivity contribution < 1.29 is 14.3 Å². The van der Waals surface area contributed by atoms with Crippen molar-refractivity contribution in [1.82, 2.24) is 4.90 Å². The van der Waals surface area contributed by atoms with Gasteiger partial charge in [0.15, 0.2) is 0 Å². The Labute approximate surface area is 148 Å². The SMILES string of the molecule is CN(C)C(=O)[C@H](OC(=O)c1ccc2c(c1)CCCC2)c1ccccc1. The van der Waals surface area contributed by atoms with E-state index in [0.717, 1.165) is 19.3 Å². The fourth-order valence-electron chi connectivity index (χ4n) is 3.16. The summed E-state index contributed by atoms with van der Waals surface area (Å²) in [7, 11) is 3.32. The fraction of sp³-hybridized carbons (Fsp3) is 0.333. The summed E-state index contributed by atoms with van der Waals surface area (Å²) in [6.45, 7) is 0. The van der Waals surface area contributed by atoms with E-state index in [1.807, 2.05) is 30.3 Å². The Morgan fingerprint density at radius 1 is 0.960 bits per heavy atom. The topological polar surface area (TPSA) is 46.6 Å². The van der Waals surface area contributed by atoms with E-state index in [4.69, 9.17) is 4.74 Å². The number of ether oxygens (including phenoxy) is 1. The van der Waals surface area contributed by atoms with Crippen LogP contribution in [0, 0.1) is 0 Å². The van der Waals surface area contributed by atoms with E-state index in [1.54, 1.807) is 32.3 Å². The van der Waals surface area contributed by atoms with Gasteiger partial charge in [0, 0.05) is 19.7 Å². The van der Waals surface area contributed by atoms with Crippen molar-refractivity contribution in [2.45, 2.75) is 31.8 Å². The van der Waals surface area contributed by atoms with Gasteiger partial charge in [-0.2, -0.15) is 0 Å². The maximum absolute atomic E-state index is 12.6. The Hall–Kier alpha value is -2.62. The van der Waals surface area contributed by atoms with Gasteiger partial charge in [0.2, 0.25) is 6.10 Å². The Kier molecular flexibility index (Phi) is 5.17. The van der Waals surface area contributed by atoms with E-state index in [9.17, 15) is 9.59 Å². The van der Waals surface area contributed by atoms with Crippen LogP contribution in [-0.2, 0) is 22.4 Å². The lowest BCUT2D eigenvalue weighted by Crippen LogP contribution is -2.31. The Morgan fingerprint density at radius 3 is 2.32 bits per heavy atom. The minimum atomic E-state index is -0.931. The number of carbonyl (C=O) groups is 2. The maximum atomic E-state index is 12.6. The average Bonchev–Trinajstić information content (AvgIpc) is 2.65. The smallest absolute Gasteiger partial charge is 0.339 e. The Bertz CT molecular complexity index is 768. The predicted molar refractivity (Wildman–Crippen MR) is 96.4 cm³/mol. The van der Waals surface area contributed by atoms with Crippen molar-refractivity contribution in [3.63, 3.8) is 0 Å². The van der Waals surface area contributed by atoms with Gasteiger partial charge in [-0.05, 0) is 48.9 Å². The Balaban J connectivity index is 1.84. The number of aryl methyl sites for hydroxylation is 2. The zero-order valence-corrected chi connectivity index (χ0v) is 14.7. The third kappa shape index (κ3) is 3.90. The lowest BCUT2D eigenvalue weighted by atomic mass is 9.90. The molecule has 0 heterocycles. The van der Waals surface area contributed by atoms with E-state index in [2.05, 4.69) is 0 Å². The van der Waals surface area contributed by atoms with Crippen LogP contribution in [0.15, 0.2) is 48.5 Å². The molecule has 2 aromatic carbocycles. The van der Waals surface area contributed by atoms with Crippen molar-refractivity contribution in [2.24, 2.45) is 0 Å². The molecule has 0 radical (unpaired) electrons. The quantitative estimate of drug-likeness (QED) is 0.802. The van der Waals surface area contributed by atoms with Crippen LogP contribution in [0.4, 0.5) is 0 Å². The molecule has 0 saturated carbocycles. The first kappa shape index (κ1) is 17.2. The molecule has 1 aliphatic rings. The van der Waals surface area contributed by atoms with Crippen LogP contribution in [0.3, 0.4) is 0 Å².